The lowest BCUT2D eigenvalue weighted by molar-refractivity contribution is 0.306. The molecule has 0 atom stereocenters. The largest absolute Gasteiger partial charge is 0.494 e. The fraction of sp³-hybridized carbons (Fsp3) is 0.379. The summed E-state index contributed by atoms with van der Waals surface area (Å²) in [5, 5.41) is 0. The highest BCUT2D eigenvalue weighted by Gasteiger charge is 2.00. The SMILES string of the molecule is CCCCCCc1ccc(C#C/C(F)=C(\F)C#Cc2ccc(OCCCCC)cc2)cc1. The van der Waals surface area contributed by atoms with Crippen LogP contribution in [0.4, 0.5) is 8.78 Å². The highest BCUT2D eigenvalue weighted by molar-refractivity contribution is 5.46. The van der Waals surface area contributed by atoms with Crippen LogP contribution >= 0.6 is 0 Å². The molecule has 0 spiro atoms. The van der Waals surface area contributed by atoms with Gasteiger partial charge in [-0.3, -0.25) is 0 Å². The molecular weight excluding hydrogens is 402 g/mol. The van der Waals surface area contributed by atoms with Gasteiger partial charge in [0.1, 0.15) is 5.75 Å². The summed E-state index contributed by atoms with van der Waals surface area (Å²) >= 11 is 0. The van der Waals surface area contributed by atoms with Crippen LogP contribution < -0.4 is 4.74 Å². The van der Waals surface area contributed by atoms with Gasteiger partial charge in [0.2, 0.25) is 11.7 Å². The Bertz CT molecular complexity index is 883. The van der Waals surface area contributed by atoms with E-state index in [0.717, 1.165) is 37.9 Å². The lowest BCUT2D eigenvalue weighted by atomic mass is 10.0. The molecule has 0 bridgehead atoms. The Kier molecular flexibility index (Phi) is 11.7. The zero-order valence-corrected chi connectivity index (χ0v) is 19.1. The van der Waals surface area contributed by atoms with Gasteiger partial charge in [-0.05, 0) is 73.1 Å². The molecule has 2 aromatic carbocycles. The van der Waals surface area contributed by atoms with Crippen molar-refractivity contribution in [1.82, 2.24) is 0 Å². The van der Waals surface area contributed by atoms with Crippen molar-refractivity contribution in [3.05, 3.63) is 76.9 Å². The van der Waals surface area contributed by atoms with E-state index in [4.69, 9.17) is 4.74 Å². The molecule has 0 radical (unpaired) electrons. The monoisotopic (exact) mass is 434 g/mol. The molecule has 0 aliphatic carbocycles. The molecule has 0 amide bonds. The average Bonchev–Trinajstić information content (AvgIpc) is 2.83. The maximum absolute atomic E-state index is 14.0. The van der Waals surface area contributed by atoms with E-state index < -0.39 is 11.7 Å². The van der Waals surface area contributed by atoms with Crippen molar-refractivity contribution >= 4 is 0 Å². The highest BCUT2D eigenvalue weighted by atomic mass is 19.2. The molecular formula is C29H32F2O. The Hall–Kier alpha value is -3.04. The number of allylic oxidation sites excluding steroid dienone is 2. The molecule has 2 aromatic rings. The first-order valence-electron chi connectivity index (χ1n) is 11.5. The van der Waals surface area contributed by atoms with Gasteiger partial charge in [-0.15, -0.1) is 0 Å². The Morgan fingerprint density at radius 3 is 1.78 bits per heavy atom. The Balaban J connectivity index is 1.91. The van der Waals surface area contributed by atoms with Crippen LogP contribution in [0, 0.1) is 23.7 Å². The highest BCUT2D eigenvalue weighted by Crippen LogP contribution is 2.14. The number of ether oxygens (including phenoxy) is 1. The summed E-state index contributed by atoms with van der Waals surface area (Å²) < 4.78 is 33.6. The van der Waals surface area contributed by atoms with Crippen LogP contribution in [0.25, 0.3) is 0 Å². The van der Waals surface area contributed by atoms with Crippen LogP contribution in [-0.4, -0.2) is 6.61 Å². The molecule has 2 rings (SSSR count). The van der Waals surface area contributed by atoms with Gasteiger partial charge in [0.05, 0.1) is 6.61 Å². The number of benzene rings is 2. The molecule has 0 N–H and O–H groups in total. The van der Waals surface area contributed by atoms with E-state index in [1.807, 2.05) is 24.3 Å². The molecule has 0 aliphatic heterocycles. The van der Waals surface area contributed by atoms with Crippen LogP contribution in [0.3, 0.4) is 0 Å². The first-order chi connectivity index (χ1) is 15.6. The molecule has 0 unspecified atom stereocenters. The molecule has 1 nitrogen and oxygen atoms in total. The predicted molar refractivity (Wildman–Crippen MR) is 129 cm³/mol. The summed E-state index contributed by atoms with van der Waals surface area (Å²) in [6.45, 7) is 5.00. The van der Waals surface area contributed by atoms with Gasteiger partial charge in [-0.2, -0.15) is 8.78 Å². The average molecular weight is 435 g/mol. The zero-order valence-electron chi connectivity index (χ0n) is 19.1. The first-order valence-corrected chi connectivity index (χ1v) is 11.5. The van der Waals surface area contributed by atoms with Crippen LogP contribution in [0.15, 0.2) is 60.2 Å². The fourth-order valence-corrected chi connectivity index (χ4v) is 3.05. The predicted octanol–water partition coefficient (Wildman–Crippen LogP) is 7.93. The van der Waals surface area contributed by atoms with Crippen LogP contribution in [0.2, 0.25) is 0 Å². The molecule has 0 aromatic heterocycles. The van der Waals surface area contributed by atoms with E-state index in [2.05, 4.69) is 37.5 Å². The second kappa shape index (κ2) is 14.9. The summed E-state index contributed by atoms with van der Waals surface area (Å²) in [5.74, 6) is 8.12. The van der Waals surface area contributed by atoms with Gasteiger partial charge < -0.3 is 4.74 Å². The molecule has 0 fully saturated rings. The van der Waals surface area contributed by atoms with Gasteiger partial charge in [-0.1, -0.05) is 69.9 Å². The third kappa shape index (κ3) is 9.84. The molecule has 0 saturated heterocycles. The first kappa shape index (κ1) is 25.2. The minimum atomic E-state index is -1.16. The van der Waals surface area contributed by atoms with Gasteiger partial charge >= 0.3 is 0 Å². The van der Waals surface area contributed by atoms with Crippen molar-refractivity contribution in [3.63, 3.8) is 0 Å². The lowest BCUT2D eigenvalue weighted by Gasteiger charge is -2.05. The van der Waals surface area contributed by atoms with Crippen molar-refractivity contribution in [3.8, 4) is 29.4 Å². The van der Waals surface area contributed by atoms with Gasteiger partial charge in [0.15, 0.2) is 0 Å². The van der Waals surface area contributed by atoms with Crippen molar-refractivity contribution in [1.29, 1.82) is 0 Å². The van der Waals surface area contributed by atoms with Gasteiger partial charge in [-0.25, -0.2) is 0 Å². The summed E-state index contributed by atoms with van der Waals surface area (Å²) in [6.07, 6.45) is 9.17. The van der Waals surface area contributed by atoms with Crippen molar-refractivity contribution < 1.29 is 13.5 Å². The van der Waals surface area contributed by atoms with Crippen molar-refractivity contribution in [2.75, 3.05) is 6.61 Å². The second-order valence-corrected chi connectivity index (χ2v) is 7.72. The van der Waals surface area contributed by atoms with E-state index in [1.54, 1.807) is 24.3 Å². The minimum absolute atomic E-state index is 0.580. The molecule has 0 aliphatic rings. The molecule has 3 heteroatoms. The van der Waals surface area contributed by atoms with Crippen LogP contribution in [0.5, 0.6) is 5.75 Å². The van der Waals surface area contributed by atoms with E-state index in [9.17, 15) is 8.78 Å². The third-order valence-electron chi connectivity index (χ3n) is 4.97. The number of aryl methyl sites for hydroxylation is 1. The normalized spacial score (nSPS) is 11.0. The zero-order chi connectivity index (χ0) is 23.0. The van der Waals surface area contributed by atoms with Crippen LogP contribution in [0.1, 0.15) is 75.5 Å². The standard InChI is InChI=1S/C29H32F2O/c1-3-5-7-8-10-24-11-13-25(14-12-24)17-21-28(30)29(31)22-18-26-15-19-27(20-16-26)32-23-9-6-4-2/h11-16,19-20H,3-10,23H2,1-2H3/b29-28+. The van der Waals surface area contributed by atoms with E-state index >= 15 is 0 Å². The number of unbranched alkanes of at least 4 members (excludes halogenated alkanes) is 5. The summed E-state index contributed by atoms with van der Waals surface area (Å²) in [5.41, 5.74) is 2.46. The maximum Gasteiger partial charge on any atom is 0.217 e. The number of rotatable bonds is 10. The second-order valence-electron chi connectivity index (χ2n) is 7.72. The Morgan fingerprint density at radius 2 is 1.22 bits per heavy atom. The van der Waals surface area contributed by atoms with Crippen molar-refractivity contribution in [2.24, 2.45) is 0 Å². The van der Waals surface area contributed by atoms with E-state index in [1.165, 1.54) is 24.8 Å². The van der Waals surface area contributed by atoms with Gasteiger partial charge in [0, 0.05) is 11.1 Å². The molecule has 168 valence electrons. The lowest BCUT2D eigenvalue weighted by Crippen LogP contribution is -1.96. The third-order valence-corrected chi connectivity index (χ3v) is 4.97. The number of halogens is 2. The fourth-order valence-electron chi connectivity index (χ4n) is 3.05. The summed E-state index contributed by atoms with van der Waals surface area (Å²) in [4.78, 5) is 0. The Morgan fingerprint density at radius 1 is 0.688 bits per heavy atom. The Labute approximate surface area is 191 Å². The topological polar surface area (TPSA) is 9.23 Å². The molecule has 0 saturated carbocycles. The maximum atomic E-state index is 14.0. The quantitative estimate of drug-likeness (QED) is 0.272. The van der Waals surface area contributed by atoms with E-state index in [0.29, 0.717) is 17.7 Å². The van der Waals surface area contributed by atoms with Crippen LogP contribution in [-0.2, 0) is 6.42 Å². The molecule has 0 heterocycles. The molecule has 32 heavy (non-hydrogen) atoms. The smallest absolute Gasteiger partial charge is 0.217 e. The van der Waals surface area contributed by atoms with Gasteiger partial charge in [0.25, 0.3) is 0 Å². The van der Waals surface area contributed by atoms with Crippen molar-refractivity contribution in [2.45, 2.75) is 65.2 Å². The van der Waals surface area contributed by atoms with E-state index in [-0.39, 0.29) is 0 Å². The number of hydrogen-bond donors (Lipinski definition) is 0. The summed E-state index contributed by atoms with van der Waals surface area (Å²) in [7, 11) is 0. The minimum Gasteiger partial charge on any atom is -0.494 e. The summed E-state index contributed by atoms with van der Waals surface area (Å²) in [6, 6.07) is 14.7. The number of hydrogen-bond acceptors (Lipinski definition) is 1.